The zero-order valence-corrected chi connectivity index (χ0v) is 11.8. The zero-order valence-electron chi connectivity index (χ0n) is 11.8. The third-order valence-corrected chi connectivity index (χ3v) is 3.25. The Morgan fingerprint density at radius 2 is 2.43 bits per heavy atom. The van der Waals surface area contributed by atoms with Crippen LogP contribution in [0.5, 0.6) is 0 Å². The zero-order chi connectivity index (χ0) is 15.2. The van der Waals surface area contributed by atoms with E-state index in [9.17, 15) is 14.9 Å². The molecule has 1 aromatic rings. The Hall–Kier alpha value is -1.99. The van der Waals surface area contributed by atoms with Gasteiger partial charge in [0, 0.05) is 24.4 Å². The third kappa shape index (κ3) is 4.51. The molecular formula is C14H18N2O5. The predicted octanol–water partition coefficient (Wildman–Crippen LogP) is 2.12. The number of ether oxygens (including phenoxy) is 2. The van der Waals surface area contributed by atoms with Gasteiger partial charge in [0.05, 0.1) is 17.6 Å². The number of hydrogen-bond donors (Lipinski definition) is 1. The SMILES string of the molecule is C[C@H](OC[C@H]1CCCO1)C(=O)Nc1cccc([N+](=O)[O-])c1. The molecule has 0 spiro atoms. The van der Waals surface area contributed by atoms with E-state index in [0.717, 1.165) is 19.4 Å². The highest BCUT2D eigenvalue weighted by atomic mass is 16.6. The third-order valence-electron chi connectivity index (χ3n) is 3.25. The summed E-state index contributed by atoms with van der Waals surface area (Å²) in [6, 6.07) is 5.79. The summed E-state index contributed by atoms with van der Waals surface area (Å²) in [4.78, 5) is 22.1. The van der Waals surface area contributed by atoms with E-state index in [1.165, 1.54) is 18.2 Å². The molecule has 0 radical (unpaired) electrons. The average Bonchev–Trinajstić information content (AvgIpc) is 2.98. The molecule has 1 heterocycles. The fourth-order valence-corrected chi connectivity index (χ4v) is 2.04. The number of nitro groups is 1. The topological polar surface area (TPSA) is 90.7 Å². The first kappa shape index (κ1) is 15.4. The molecule has 7 heteroatoms. The van der Waals surface area contributed by atoms with Crippen LogP contribution in [-0.4, -0.2) is 36.3 Å². The van der Waals surface area contributed by atoms with E-state index in [0.29, 0.717) is 12.3 Å². The van der Waals surface area contributed by atoms with E-state index in [-0.39, 0.29) is 17.7 Å². The Balaban J connectivity index is 1.84. The fraction of sp³-hybridized carbons (Fsp3) is 0.500. The summed E-state index contributed by atoms with van der Waals surface area (Å²) in [6.07, 6.45) is 1.37. The van der Waals surface area contributed by atoms with Gasteiger partial charge in [0.1, 0.15) is 6.10 Å². The lowest BCUT2D eigenvalue weighted by atomic mass is 10.2. The van der Waals surface area contributed by atoms with Gasteiger partial charge < -0.3 is 14.8 Å². The van der Waals surface area contributed by atoms with Crippen molar-refractivity contribution in [2.75, 3.05) is 18.5 Å². The van der Waals surface area contributed by atoms with Crippen LogP contribution in [0.4, 0.5) is 11.4 Å². The Bertz CT molecular complexity index is 514. The second-order valence-electron chi connectivity index (χ2n) is 4.91. The number of benzene rings is 1. The van der Waals surface area contributed by atoms with Gasteiger partial charge in [0.15, 0.2) is 0 Å². The molecule has 1 aromatic carbocycles. The van der Waals surface area contributed by atoms with Gasteiger partial charge in [-0.3, -0.25) is 14.9 Å². The molecular weight excluding hydrogens is 276 g/mol. The van der Waals surface area contributed by atoms with E-state index >= 15 is 0 Å². The average molecular weight is 294 g/mol. The van der Waals surface area contributed by atoms with Gasteiger partial charge in [0.25, 0.3) is 11.6 Å². The van der Waals surface area contributed by atoms with Crippen molar-refractivity contribution in [3.05, 3.63) is 34.4 Å². The van der Waals surface area contributed by atoms with Crippen LogP contribution >= 0.6 is 0 Å². The standard InChI is InChI=1S/C14H18N2O5/c1-10(21-9-13-6-3-7-20-13)14(17)15-11-4-2-5-12(8-11)16(18)19/h2,4-5,8,10,13H,3,6-7,9H2,1H3,(H,15,17)/t10-,13+/m0/s1. The van der Waals surface area contributed by atoms with Crippen LogP contribution in [0.1, 0.15) is 19.8 Å². The lowest BCUT2D eigenvalue weighted by Gasteiger charge is -2.16. The summed E-state index contributed by atoms with van der Waals surface area (Å²) in [7, 11) is 0. The normalized spacial score (nSPS) is 19.2. The molecule has 0 unspecified atom stereocenters. The van der Waals surface area contributed by atoms with Crippen molar-refractivity contribution in [2.45, 2.75) is 32.0 Å². The fourth-order valence-electron chi connectivity index (χ4n) is 2.04. The summed E-state index contributed by atoms with van der Waals surface area (Å²) in [6.45, 7) is 2.76. The second-order valence-corrected chi connectivity index (χ2v) is 4.91. The molecule has 1 saturated heterocycles. The number of carbonyl (C=O) groups excluding carboxylic acids is 1. The van der Waals surface area contributed by atoms with Crippen LogP contribution in [0.25, 0.3) is 0 Å². The molecule has 114 valence electrons. The van der Waals surface area contributed by atoms with Gasteiger partial charge in [-0.15, -0.1) is 0 Å². The minimum Gasteiger partial charge on any atom is -0.376 e. The van der Waals surface area contributed by atoms with Crippen molar-refractivity contribution in [2.24, 2.45) is 0 Å². The Kier molecular flexibility index (Phi) is 5.24. The molecule has 1 aliphatic heterocycles. The minimum absolute atomic E-state index is 0.0538. The Morgan fingerprint density at radius 3 is 3.10 bits per heavy atom. The van der Waals surface area contributed by atoms with E-state index in [4.69, 9.17) is 9.47 Å². The van der Waals surface area contributed by atoms with Crippen LogP contribution in [0.3, 0.4) is 0 Å². The number of amides is 1. The molecule has 0 aromatic heterocycles. The number of carbonyl (C=O) groups is 1. The van der Waals surface area contributed by atoms with Crippen molar-refractivity contribution < 1.29 is 19.2 Å². The highest BCUT2D eigenvalue weighted by Gasteiger charge is 2.20. The first-order chi connectivity index (χ1) is 10.1. The Labute approximate surface area is 122 Å². The molecule has 2 atom stereocenters. The summed E-state index contributed by atoms with van der Waals surface area (Å²) in [5.74, 6) is -0.339. The molecule has 1 N–H and O–H groups in total. The van der Waals surface area contributed by atoms with Crippen LogP contribution in [-0.2, 0) is 14.3 Å². The summed E-state index contributed by atoms with van der Waals surface area (Å²) in [5.41, 5.74) is 0.308. The summed E-state index contributed by atoms with van der Waals surface area (Å²) in [5, 5.41) is 13.3. The number of nitrogens with one attached hydrogen (secondary N) is 1. The lowest BCUT2D eigenvalue weighted by molar-refractivity contribution is -0.384. The van der Waals surface area contributed by atoms with Crippen LogP contribution < -0.4 is 5.32 Å². The lowest BCUT2D eigenvalue weighted by Crippen LogP contribution is -2.30. The largest absolute Gasteiger partial charge is 0.376 e. The smallest absolute Gasteiger partial charge is 0.271 e. The first-order valence-corrected chi connectivity index (χ1v) is 6.85. The van der Waals surface area contributed by atoms with Crippen molar-refractivity contribution in [1.82, 2.24) is 0 Å². The van der Waals surface area contributed by atoms with Gasteiger partial charge in [-0.05, 0) is 25.8 Å². The van der Waals surface area contributed by atoms with Gasteiger partial charge >= 0.3 is 0 Å². The maximum Gasteiger partial charge on any atom is 0.271 e. The molecule has 0 saturated carbocycles. The van der Waals surface area contributed by atoms with Crippen molar-refractivity contribution in [1.29, 1.82) is 0 Å². The predicted molar refractivity (Wildman–Crippen MR) is 76.1 cm³/mol. The van der Waals surface area contributed by atoms with Crippen LogP contribution in [0, 0.1) is 10.1 Å². The first-order valence-electron chi connectivity index (χ1n) is 6.85. The molecule has 1 amide bonds. The number of non-ortho nitro benzene ring substituents is 1. The number of rotatable bonds is 6. The summed E-state index contributed by atoms with van der Waals surface area (Å²) >= 11 is 0. The van der Waals surface area contributed by atoms with E-state index in [2.05, 4.69) is 5.32 Å². The van der Waals surface area contributed by atoms with Crippen molar-refractivity contribution in [3.8, 4) is 0 Å². The van der Waals surface area contributed by atoms with Gasteiger partial charge in [-0.25, -0.2) is 0 Å². The Morgan fingerprint density at radius 1 is 1.62 bits per heavy atom. The van der Waals surface area contributed by atoms with E-state index in [1.807, 2.05) is 0 Å². The van der Waals surface area contributed by atoms with E-state index < -0.39 is 11.0 Å². The van der Waals surface area contributed by atoms with Crippen molar-refractivity contribution in [3.63, 3.8) is 0 Å². The number of hydrogen-bond acceptors (Lipinski definition) is 5. The molecule has 0 aliphatic carbocycles. The quantitative estimate of drug-likeness (QED) is 0.641. The molecule has 7 nitrogen and oxygen atoms in total. The second kappa shape index (κ2) is 7.14. The van der Waals surface area contributed by atoms with Gasteiger partial charge in [0.2, 0.25) is 0 Å². The number of nitro benzene ring substituents is 1. The highest BCUT2D eigenvalue weighted by Crippen LogP contribution is 2.18. The number of anilines is 1. The molecule has 1 aliphatic rings. The van der Waals surface area contributed by atoms with Gasteiger partial charge in [-0.2, -0.15) is 0 Å². The highest BCUT2D eigenvalue weighted by molar-refractivity contribution is 5.94. The number of nitrogens with zero attached hydrogens (tertiary/aromatic N) is 1. The maximum atomic E-state index is 12.0. The molecule has 21 heavy (non-hydrogen) atoms. The minimum atomic E-state index is -0.645. The van der Waals surface area contributed by atoms with Crippen LogP contribution in [0.2, 0.25) is 0 Å². The molecule has 2 rings (SSSR count). The maximum absolute atomic E-state index is 12.0. The van der Waals surface area contributed by atoms with E-state index in [1.54, 1.807) is 13.0 Å². The monoisotopic (exact) mass is 294 g/mol. The molecule has 1 fully saturated rings. The van der Waals surface area contributed by atoms with Gasteiger partial charge in [-0.1, -0.05) is 6.07 Å². The van der Waals surface area contributed by atoms with Crippen molar-refractivity contribution >= 4 is 17.3 Å². The van der Waals surface area contributed by atoms with Crippen LogP contribution in [0.15, 0.2) is 24.3 Å². The molecule has 0 bridgehead atoms. The summed E-state index contributed by atoms with van der Waals surface area (Å²) < 4.78 is 10.9.